The Kier molecular flexibility index (Phi) is 3.27. The number of carbonyl (C=O) groups excluding carboxylic acids is 1. The van der Waals surface area contributed by atoms with Crippen LogP contribution in [0.4, 0.5) is 5.69 Å². The summed E-state index contributed by atoms with van der Waals surface area (Å²) in [5, 5.41) is 3.69. The van der Waals surface area contributed by atoms with Crippen LogP contribution in [0.25, 0.3) is 0 Å². The Morgan fingerprint density at radius 2 is 2.00 bits per heavy atom. The number of methoxy groups -OCH3 is 1. The number of nitrogens with one attached hydrogen (secondary N) is 1. The maximum absolute atomic E-state index is 11.9. The van der Waals surface area contributed by atoms with E-state index < -0.39 is 0 Å². The maximum atomic E-state index is 11.9. The number of rotatable bonds is 3. The number of ether oxygens (including phenoxy) is 1. The Morgan fingerprint density at radius 1 is 1.29 bits per heavy atom. The van der Waals surface area contributed by atoms with Crippen LogP contribution >= 0.6 is 0 Å². The molecule has 21 heavy (non-hydrogen) atoms. The van der Waals surface area contributed by atoms with Crippen LogP contribution in [0, 0.1) is 16.7 Å². The standard InChI is InChI=1S/C18H25NO2/c1-17(2)12-9-10-18(3,11-12)16(17)19-14-8-6-5-7-13(14)15(20)21-4/h5-8,12,16,19H,9-11H2,1-4H3/t12-,16?,18+/m0/s1. The molecule has 2 fully saturated rings. The second kappa shape index (κ2) is 4.75. The van der Waals surface area contributed by atoms with E-state index in [1.165, 1.54) is 26.4 Å². The Morgan fingerprint density at radius 3 is 2.62 bits per heavy atom. The van der Waals surface area contributed by atoms with Gasteiger partial charge in [0.25, 0.3) is 0 Å². The molecular formula is C18H25NO2. The quantitative estimate of drug-likeness (QED) is 0.851. The van der Waals surface area contributed by atoms with Crippen LogP contribution in [-0.4, -0.2) is 19.1 Å². The van der Waals surface area contributed by atoms with Gasteiger partial charge in [0.1, 0.15) is 0 Å². The normalized spacial score (nSPS) is 33.0. The second-order valence-electron chi connectivity index (χ2n) is 7.53. The Labute approximate surface area is 127 Å². The number of hydrogen-bond acceptors (Lipinski definition) is 3. The average molecular weight is 287 g/mol. The van der Waals surface area contributed by atoms with Crippen molar-refractivity contribution in [3.05, 3.63) is 29.8 Å². The topological polar surface area (TPSA) is 38.3 Å². The summed E-state index contributed by atoms with van der Waals surface area (Å²) in [7, 11) is 1.43. The third-order valence-corrected chi connectivity index (χ3v) is 5.90. The van der Waals surface area contributed by atoms with Crippen molar-refractivity contribution < 1.29 is 9.53 Å². The fraction of sp³-hybridized carbons (Fsp3) is 0.611. The molecule has 3 nitrogen and oxygen atoms in total. The highest BCUT2D eigenvalue weighted by molar-refractivity contribution is 5.95. The van der Waals surface area contributed by atoms with Crippen molar-refractivity contribution in [2.75, 3.05) is 12.4 Å². The van der Waals surface area contributed by atoms with Gasteiger partial charge in [0, 0.05) is 11.7 Å². The van der Waals surface area contributed by atoms with Crippen LogP contribution in [0.3, 0.4) is 0 Å². The molecule has 2 aliphatic carbocycles. The maximum Gasteiger partial charge on any atom is 0.339 e. The fourth-order valence-electron chi connectivity index (χ4n) is 4.71. The van der Waals surface area contributed by atoms with E-state index in [2.05, 4.69) is 26.1 Å². The number of benzene rings is 1. The Hall–Kier alpha value is -1.51. The predicted molar refractivity (Wildman–Crippen MR) is 84.4 cm³/mol. The predicted octanol–water partition coefficient (Wildman–Crippen LogP) is 4.10. The van der Waals surface area contributed by atoms with E-state index in [1.54, 1.807) is 0 Å². The average Bonchev–Trinajstić information content (AvgIpc) is 2.94. The first kappa shape index (κ1) is 14.4. The van der Waals surface area contributed by atoms with E-state index in [9.17, 15) is 4.79 Å². The molecule has 0 aromatic heterocycles. The molecule has 3 rings (SSSR count). The van der Waals surface area contributed by atoms with E-state index in [-0.39, 0.29) is 11.4 Å². The summed E-state index contributed by atoms with van der Waals surface area (Å²) in [4.78, 5) is 11.9. The van der Waals surface area contributed by atoms with E-state index in [0.717, 1.165) is 11.6 Å². The molecule has 0 heterocycles. The number of esters is 1. The summed E-state index contributed by atoms with van der Waals surface area (Å²) in [6.45, 7) is 7.11. The van der Waals surface area contributed by atoms with Crippen LogP contribution in [0.5, 0.6) is 0 Å². The van der Waals surface area contributed by atoms with Gasteiger partial charge in [0.15, 0.2) is 0 Å². The first-order valence-corrected chi connectivity index (χ1v) is 7.82. The monoisotopic (exact) mass is 287 g/mol. The first-order valence-electron chi connectivity index (χ1n) is 7.82. The Bertz CT molecular complexity index is 561. The number of hydrogen-bond donors (Lipinski definition) is 1. The van der Waals surface area contributed by atoms with Gasteiger partial charge in [0.2, 0.25) is 0 Å². The third kappa shape index (κ3) is 2.14. The van der Waals surface area contributed by atoms with Gasteiger partial charge in [-0.3, -0.25) is 0 Å². The first-order chi connectivity index (χ1) is 9.88. The second-order valence-corrected chi connectivity index (χ2v) is 7.53. The van der Waals surface area contributed by atoms with Crippen molar-refractivity contribution in [2.24, 2.45) is 16.7 Å². The minimum absolute atomic E-state index is 0.260. The van der Waals surface area contributed by atoms with Gasteiger partial charge in [-0.1, -0.05) is 32.9 Å². The zero-order chi connectivity index (χ0) is 15.3. The van der Waals surface area contributed by atoms with Gasteiger partial charge >= 0.3 is 5.97 Å². The molecule has 114 valence electrons. The molecule has 1 aromatic rings. The molecule has 0 saturated heterocycles. The lowest BCUT2D eigenvalue weighted by Crippen LogP contribution is -2.46. The fourth-order valence-corrected chi connectivity index (χ4v) is 4.71. The highest BCUT2D eigenvalue weighted by Crippen LogP contribution is 2.63. The molecule has 1 aromatic carbocycles. The molecule has 3 heteroatoms. The number of carbonyl (C=O) groups is 1. The van der Waals surface area contributed by atoms with Gasteiger partial charge in [0.05, 0.1) is 12.7 Å². The van der Waals surface area contributed by atoms with Gasteiger partial charge in [-0.25, -0.2) is 4.79 Å². The van der Waals surface area contributed by atoms with E-state index >= 15 is 0 Å². The van der Waals surface area contributed by atoms with Crippen LogP contribution < -0.4 is 5.32 Å². The lowest BCUT2D eigenvalue weighted by molar-refractivity contribution is 0.0601. The third-order valence-electron chi connectivity index (χ3n) is 5.90. The van der Waals surface area contributed by atoms with Crippen molar-refractivity contribution >= 4 is 11.7 Å². The SMILES string of the molecule is COC(=O)c1ccccc1NC1C(C)(C)[C@H]2CC[C@]1(C)C2. The van der Waals surface area contributed by atoms with Crippen LogP contribution in [0.2, 0.25) is 0 Å². The zero-order valence-corrected chi connectivity index (χ0v) is 13.4. The van der Waals surface area contributed by atoms with Crippen molar-refractivity contribution in [1.29, 1.82) is 0 Å². The molecule has 0 radical (unpaired) electrons. The van der Waals surface area contributed by atoms with Crippen molar-refractivity contribution in [3.8, 4) is 0 Å². The van der Waals surface area contributed by atoms with E-state index in [1.807, 2.05) is 24.3 Å². The van der Waals surface area contributed by atoms with Gasteiger partial charge in [-0.15, -0.1) is 0 Å². The summed E-state index contributed by atoms with van der Waals surface area (Å²) in [5.74, 6) is 0.509. The zero-order valence-electron chi connectivity index (χ0n) is 13.4. The van der Waals surface area contributed by atoms with Gasteiger partial charge in [-0.05, 0) is 48.1 Å². The minimum atomic E-state index is -0.274. The lowest BCUT2D eigenvalue weighted by atomic mass is 9.68. The molecule has 2 saturated carbocycles. The van der Waals surface area contributed by atoms with Crippen molar-refractivity contribution in [3.63, 3.8) is 0 Å². The summed E-state index contributed by atoms with van der Waals surface area (Å²) < 4.78 is 4.90. The molecule has 0 aliphatic heterocycles. The molecule has 3 atom stereocenters. The molecular weight excluding hydrogens is 262 g/mol. The number of fused-ring (bicyclic) bond motifs is 2. The highest BCUT2D eigenvalue weighted by atomic mass is 16.5. The summed E-state index contributed by atoms with van der Waals surface area (Å²) in [6, 6.07) is 8.06. The van der Waals surface area contributed by atoms with E-state index in [0.29, 0.717) is 17.0 Å². The lowest BCUT2D eigenvalue weighted by Gasteiger charge is -2.43. The van der Waals surface area contributed by atoms with Crippen LogP contribution in [0.15, 0.2) is 24.3 Å². The summed E-state index contributed by atoms with van der Waals surface area (Å²) >= 11 is 0. The van der Waals surface area contributed by atoms with Crippen molar-refractivity contribution in [1.82, 2.24) is 0 Å². The largest absolute Gasteiger partial charge is 0.465 e. The Balaban J connectivity index is 1.92. The van der Waals surface area contributed by atoms with Crippen LogP contribution in [0.1, 0.15) is 50.4 Å². The molecule has 1 N–H and O–H groups in total. The molecule has 0 spiro atoms. The molecule has 2 aliphatic rings. The van der Waals surface area contributed by atoms with Crippen molar-refractivity contribution in [2.45, 2.75) is 46.1 Å². The highest BCUT2D eigenvalue weighted by Gasteiger charge is 2.59. The minimum Gasteiger partial charge on any atom is -0.465 e. The molecule has 1 unspecified atom stereocenters. The summed E-state index contributed by atoms with van der Waals surface area (Å²) in [6.07, 6.45) is 3.90. The van der Waals surface area contributed by atoms with E-state index in [4.69, 9.17) is 4.74 Å². The molecule has 0 amide bonds. The summed E-state index contributed by atoms with van der Waals surface area (Å²) in [5.41, 5.74) is 2.12. The molecule has 2 bridgehead atoms. The van der Waals surface area contributed by atoms with Gasteiger partial charge < -0.3 is 10.1 Å². The number of anilines is 1. The van der Waals surface area contributed by atoms with Gasteiger partial charge in [-0.2, -0.15) is 0 Å². The smallest absolute Gasteiger partial charge is 0.339 e. The number of para-hydroxylation sites is 1. The van der Waals surface area contributed by atoms with Crippen LogP contribution in [-0.2, 0) is 4.74 Å².